The van der Waals surface area contributed by atoms with E-state index in [1.807, 2.05) is 6.08 Å². The molecule has 0 saturated carbocycles. The second-order valence-electron chi connectivity index (χ2n) is 6.99. The number of esters is 2. The molecule has 152 valence electrons. The van der Waals surface area contributed by atoms with Crippen LogP contribution in [0.4, 0.5) is 0 Å². The maximum Gasteiger partial charge on any atom is 0.330 e. The molecule has 0 rings (SSSR count). The van der Waals surface area contributed by atoms with Crippen LogP contribution < -0.4 is 0 Å². The van der Waals surface area contributed by atoms with Crippen LogP contribution in [0.3, 0.4) is 0 Å². The predicted octanol–water partition coefficient (Wildman–Crippen LogP) is 6.13. The lowest BCUT2D eigenvalue weighted by molar-refractivity contribution is -0.140. The first-order chi connectivity index (χ1) is 12.7. The second-order valence-corrected chi connectivity index (χ2v) is 6.99. The van der Waals surface area contributed by atoms with Crippen LogP contribution in [0.1, 0.15) is 103 Å². The van der Waals surface area contributed by atoms with E-state index in [-0.39, 0.29) is 11.9 Å². The Labute approximate surface area is 160 Å². The van der Waals surface area contributed by atoms with Gasteiger partial charge in [-0.2, -0.15) is 0 Å². The first kappa shape index (κ1) is 24.7. The van der Waals surface area contributed by atoms with Crippen LogP contribution in [0.2, 0.25) is 0 Å². The lowest BCUT2D eigenvalue weighted by Gasteiger charge is -2.03. The molecule has 0 aliphatic heterocycles. The van der Waals surface area contributed by atoms with E-state index in [1.54, 1.807) is 0 Å². The Morgan fingerprint density at radius 3 is 1.46 bits per heavy atom. The smallest absolute Gasteiger partial charge is 0.330 e. The summed E-state index contributed by atoms with van der Waals surface area (Å²) in [6, 6.07) is 0. The van der Waals surface area contributed by atoms with Crippen molar-refractivity contribution in [2.24, 2.45) is 0 Å². The number of rotatable bonds is 18. The zero-order chi connectivity index (χ0) is 19.3. The quantitative estimate of drug-likeness (QED) is 0.166. The molecule has 4 nitrogen and oxygen atoms in total. The molecule has 0 radical (unpaired) electrons. The first-order valence-corrected chi connectivity index (χ1v) is 10.5. The van der Waals surface area contributed by atoms with E-state index in [4.69, 9.17) is 0 Å². The van der Waals surface area contributed by atoms with Crippen LogP contribution in [0.5, 0.6) is 0 Å². The van der Waals surface area contributed by atoms with Gasteiger partial charge in [-0.3, -0.25) is 4.79 Å². The van der Waals surface area contributed by atoms with Crippen molar-refractivity contribution in [2.75, 3.05) is 14.2 Å². The molecule has 0 aliphatic rings. The molecule has 0 aromatic carbocycles. The molecular weight excluding hydrogens is 328 g/mol. The van der Waals surface area contributed by atoms with Crippen molar-refractivity contribution in [2.45, 2.75) is 103 Å². The summed E-state index contributed by atoms with van der Waals surface area (Å²) in [6.45, 7) is 0. The van der Waals surface area contributed by atoms with Gasteiger partial charge in [0.2, 0.25) is 0 Å². The minimum atomic E-state index is -0.261. The van der Waals surface area contributed by atoms with Crippen LogP contribution in [0.25, 0.3) is 0 Å². The maximum atomic E-state index is 11.0. The van der Waals surface area contributed by atoms with E-state index in [1.165, 1.54) is 90.9 Å². The van der Waals surface area contributed by atoms with E-state index < -0.39 is 0 Å². The lowest BCUT2D eigenvalue weighted by atomic mass is 10.0. The molecule has 0 fully saturated rings. The fourth-order valence-electron chi connectivity index (χ4n) is 3.00. The summed E-state index contributed by atoms with van der Waals surface area (Å²) in [5, 5.41) is 0. The highest BCUT2D eigenvalue weighted by Gasteiger charge is 1.99. The molecule has 0 amide bonds. The van der Waals surface area contributed by atoms with Crippen molar-refractivity contribution in [3.8, 4) is 0 Å². The Balaban J connectivity index is 3.10. The highest BCUT2D eigenvalue weighted by atomic mass is 16.5. The number of carbonyl (C=O) groups excluding carboxylic acids is 2. The maximum absolute atomic E-state index is 11.0. The van der Waals surface area contributed by atoms with Crippen molar-refractivity contribution in [1.82, 2.24) is 0 Å². The standard InChI is InChI=1S/C22H40O4/c1-25-21(23)19-17-15-13-11-9-7-5-3-4-6-8-10-12-14-16-18-20-22(24)26-2/h17,19H,3-16,18,20H2,1-2H3/b19-17+. The third kappa shape index (κ3) is 19.0. The van der Waals surface area contributed by atoms with E-state index in [9.17, 15) is 9.59 Å². The van der Waals surface area contributed by atoms with E-state index >= 15 is 0 Å². The number of carbonyl (C=O) groups is 2. The number of methoxy groups -OCH3 is 2. The van der Waals surface area contributed by atoms with Gasteiger partial charge in [0.05, 0.1) is 14.2 Å². The highest BCUT2D eigenvalue weighted by molar-refractivity contribution is 5.81. The fraction of sp³-hybridized carbons (Fsp3) is 0.818. The molecule has 0 spiro atoms. The summed E-state index contributed by atoms with van der Waals surface area (Å²) in [5.74, 6) is -0.344. The van der Waals surface area contributed by atoms with Gasteiger partial charge in [-0.15, -0.1) is 0 Å². The van der Waals surface area contributed by atoms with Crippen LogP contribution in [0, 0.1) is 0 Å². The van der Waals surface area contributed by atoms with Crippen LogP contribution >= 0.6 is 0 Å². The van der Waals surface area contributed by atoms with Crippen molar-refractivity contribution < 1.29 is 19.1 Å². The summed E-state index contributed by atoms with van der Waals surface area (Å²) in [7, 11) is 2.86. The van der Waals surface area contributed by atoms with Gasteiger partial charge >= 0.3 is 11.9 Å². The summed E-state index contributed by atoms with van der Waals surface area (Å²) in [4.78, 5) is 21.8. The summed E-state index contributed by atoms with van der Waals surface area (Å²) in [6.07, 6.45) is 22.8. The molecule has 0 aromatic rings. The molecule has 0 saturated heterocycles. The molecule has 0 aromatic heterocycles. The largest absolute Gasteiger partial charge is 0.469 e. The van der Waals surface area contributed by atoms with Crippen molar-refractivity contribution in [1.29, 1.82) is 0 Å². The minimum absolute atomic E-state index is 0.0830. The molecule has 0 N–H and O–H groups in total. The topological polar surface area (TPSA) is 52.6 Å². The lowest BCUT2D eigenvalue weighted by Crippen LogP contribution is -1.99. The monoisotopic (exact) mass is 368 g/mol. The van der Waals surface area contributed by atoms with Crippen molar-refractivity contribution in [3.05, 3.63) is 12.2 Å². The Kier molecular flexibility index (Phi) is 19.0. The average molecular weight is 369 g/mol. The normalized spacial score (nSPS) is 11.0. The Hall–Kier alpha value is -1.32. The molecule has 0 atom stereocenters. The van der Waals surface area contributed by atoms with Crippen molar-refractivity contribution >= 4 is 11.9 Å². The van der Waals surface area contributed by atoms with E-state index in [0.29, 0.717) is 6.42 Å². The molecule has 0 bridgehead atoms. The van der Waals surface area contributed by atoms with E-state index in [2.05, 4.69) is 9.47 Å². The number of hydrogen-bond donors (Lipinski definition) is 0. The molecule has 4 heteroatoms. The highest BCUT2D eigenvalue weighted by Crippen LogP contribution is 2.13. The number of hydrogen-bond acceptors (Lipinski definition) is 4. The molecule has 0 heterocycles. The molecular formula is C22H40O4. The van der Waals surface area contributed by atoms with Gasteiger partial charge in [-0.05, 0) is 19.3 Å². The van der Waals surface area contributed by atoms with Gasteiger partial charge in [0.15, 0.2) is 0 Å². The number of ether oxygens (including phenoxy) is 2. The van der Waals surface area contributed by atoms with Crippen LogP contribution in [0.15, 0.2) is 12.2 Å². The zero-order valence-electron chi connectivity index (χ0n) is 17.1. The molecule has 26 heavy (non-hydrogen) atoms. The average Bonchev–Trinajstić information content (AvgIpc) is 2.66. The third-order valence-corrected chi connectivity index (χ3v) is 4.68. The van der Waals surface area contributed by atoms with Crippen molar-refractivity contribution in [3.63, 3.8) is 0 Å². The van der Waals surface area contributed by atoms with Crippen LogP contribution in [-0.2, 0) is 19.1 Å². The first-order valence-electron chi connectivity index (χ1n) is 10.5. The Bertz CT molecular complexity index is 363. The number of allylic oxidation sites excluding steroid dienone is 1. The molecule has 0 aliphatic carbocycles. The molecule has 0 unspecified atom stereocenters. The SMILES string of the molecule is COC(=O)/C=C/CCCCCCCCCCCCCCCCC(=O)OC. The Morgan fingerprint density at radius 1 is 0.615 bits per heavy atom. The van der Waals surface area contributed by atoms with Gasteiger partial charge in [-0.25, -0.2) is 4.79 Å². The van der Waals surface area contributed by atoms with E-state index in [0.717, 1.165) is 25.7 Å². The zero-order valence-corrected chi connectivity index (χ0v) is 17.1. The van der Waals surface area contributed by atoms with Gasteiger partial charge in [0.1, 0.15) is 0 Å². The third-order valence-electron chi connectivity index (χ3n) is 4.68. The fourth-order valence-corrected chi connectivity index (χ4v) is 3.00. The predicted molar refractivity (Wildman–Crippen MR) is 107 cm³/mol. The van der Waals surface area contributed by atoms with Gasteiger partial charge in [0, 0.05) is 12.5 Å². The van der Waals surface area contributed by atoms with Gasteiger partial charge in [-0.1, -0.05) is 83.1 Å². The summed E-state index contributed by atoms with van der Waals surface area (Å²) < 4.78 is 9.18. The summed E-state index contributed by atoms with van der Waals surface area (Å²) >= 11 is 0. The minimum Gasteiger partial charge on any atom is -0.469 e. The van der Waals surface area contributed by atoms with Gasteiger partial charge in [0.25, 0.3) is 0 Å². The second kappa shape index (κ2) is 20.0. The van der Waals surface area contributed by atoms with Gasteiger partial charge < -0.3 is 9.47 Å². The Morgan fingerprint density at radius 2 is 1.04 bits per heavy atom. The number of unbranched alkanes of at least 4 members (excludes halogenated alkanes) is 14. The van der Waals surface area contributed by atoms with Crippen LogP contribution in [-0.4, -0.2) is 26.2 Å². The summed E-state index contributed by atoms with van der Waals surface area (Å²) in [5.41, 5.74) is 0.